The van der Waals surface area contributed by atoms with Crippen LogP contribution in [0.2, 0.25) is 5.15 Å². The second-order valence-corrected chi connectivity index (χ2v) is 4.68. The van der Waals surface area contributed by atoms with Crippen molar-refractivity contribution in [3.63, 3.8) is 0 Å². The van der Waals surface area contributed by atoms with Gasteiger partial charge in [0, 0.05) is 5.25 Å². The highest BCUT2D eigenvalue weighted by Gasteiger charge is 2.14. The Kier molecular flexibility index (Phi) is 3.77. The first kappa shape index (κ1) is 10.2. The van der Waals surface area contributed by atoms with Gasteiger partial charge in [-0.2, -0.15) is 8.75 Å². The van der Waals surface area contributed by atoms with Crippen LogP contribution in [0.1, 0.15) is 13.8 Å². The smallest absolute Gasteiger partial charge is 0.176 e. The summed E-state index contributed by atoms with van der Waals surface area (Å²) in [6.45, 7) is 3.66. The van der Waals surface area contributed by atoms with Crippen molar-refractivity contribution in [3.05, 3.63) is 5.15 Å². The van der Waals surface area contributed by atoms with Crippen molar-refractivity contribution in [2.24, 2.45) is 0 Å². The van der Waals surface area contributed by atoms with Crippen LogP contribution in [-0.2, 0) is 0 Å². The molecular formula is C6H9ClN2OS2. The predicted molar refractivity (Wildman–Crippen MR) is 51.9 cm³/mol. The van der Waals surface area contributed by atoms with Crippen LogP contribution < -0.4 is 0 Å². The fourth-order valence-corrected chi connectivity index (χ4v) is 2.21. The first-order valence-corrected chi connectivity index (χ1v) is 5.43. The third-order valence-electron chi connectivity index (χ3n) is 1.40. The zero-order chi connectivity index (χ0) is 9.14. The minimum Gasteiger partial charge on any atom is -0.392 e. The zero-order valence-electron chi connectivity index (χ0n) is 6.69. The molecule has 0 radical (unpaired) electrons. The van der Waals surface area contributed by atoms with Crippen molar-refractivity contribution in [3.8, 4) is 0 Å². The molecule has 0 aliphatic heterocycles. The summed E-state index contributed by atoms with van der Waals surface area (Å²) >= 11 is 8.25. The maximum atomic E-state index is 9.20. The van der Waals surface area contributed by atoms with Crippen molar-refractivity contribution in [2.75, 3.05) is 0 Å². The lowest BCUT2D eigenvalue weighted by Gasteiger charge is -2.11. The molecule has 12 heavy (non-hydrogen) atoms. The van der Waals surface area contributed by atoms with E-state index in [0.29, 0.717) is 10.2 Å². The Morgan fingerprint density at radius 1 is 1.50 bits per heavy atom. The summed E-state index contributed by atoms with van der Waals surface area (Å²) in [6, 6.07) is 0. The van der Waals surface area contributed by atoms with Gasteiger partial charge in [0.25, 0.3) is 0 Å². The van der Waals surface area contributed by atoms with Gasteiger partial charge in [-0.25, -0.2) is 0 Å². The Morgan fingerprint density at radius 2 is 2.17 bits per heavy atom. The molecule has 6 heteroatoms. The second kappa shape index (κ2) is 4.41. The van der Waals surface area contributed by atoms with Crippen molar-refractivity contribution in [1.29, 1.82) is 0 Å². The Labute approximate surface area is 84.5 Å². The molecular weight excluding hydrogens is 216 g/mol. The molecule has 0 amide bonds. The summed E-state index contributed by atoms with van der Waals surface area (Å²) in [4.78, 5) is 0. The van der Waals surface area contributed by atoms with Crippen molar-refractivity contribution in [1.82, 2.24) is 8.75 Å². The first-order valence-electron chi connectivity index (χ1n) is 3.44. The number of aromatic nitrogens is 2. The molecule has 2 unspecified atom stereocenters. The molecule has 0 aliphatic rings. The van der Waals surface area contributed by atoms with Crippen LogP contribution in [0.25, 0.3) is 0 Å². The lowest BCUT2D eigenvalue weighted by molar-refractivity contribution is 0.196. The lowest BCUT2D eigenvalue weighted by Crippen LogP contribution is -2.14. The van der Waals surface area contributed by atoms with E-state index in [-0.39, 0.29) is 11.4 Å². The van der Waals surface area contributed by atoms with Crippen LogP contribution in [0.15, 0.2) is 5.03 Å². The third-order valence-corrected chi connectivity index (χ3v) is 3.79. The average Bonchev–Trinajstić information content (AvgIpc) is 2.36. The summed E-state index contributed by atoms with van der Waals surface area (Å²) in [5.41, 5.74) is 0. The largest absolute Gasteiger partial charge is 0.392 e. The molecule has 0 spiro atoms. The van der Waals surface area contributed by atoms with Gasteiger partial charge in [0.15, 0.2) is 5.15 Å². The molecule has 1 aromatic heterocycles. The fraction of sp³-hybridized carbons (Fsp3) is 0.667. The van der Waals surface area contributed by atoms with Gasteiger partial charge in [-0.1, -0.05) is 30.3 Å². The number of hydrogen-bond acceptors (Lipinski definition) is 5. The van der Waals surface area contributed by atoms with E-state index in [1.165, 1.54) is 11.8 Å². The number of halogens is 1. The highest BCUT2D eigenvalue weighted by Crippen LogP contribution is 2.29. The van der Waals surface area contributed by atoms with E-state index < -0.39 is 0 Å². The second-order valence-electron chi connectivity index (χ2n) is 2.42. The molecule has 1 heterocycles. The highest BCUT2D eigenvalue weighted by molar-refractivity contribution is 8.00. The molecule has 68 valence electrons. The van der Waals surface area contributed by atoms with Crippen molar-refractivity contribution in [2.45, 2.75) is 30.2 Å². The molecule has 0 aromatic carbocycles. The molecule has 0 aliphatic carbocycles. The van der Waals surface area contributed by atoms with Crippen LogP contribution in [0.4, 0.5) is 0 Å². The van der Waals surface area contributed by atoms with Gasteiger partial charge in [0.2, 0.25) is 0 Å². The van der Waals surface area contributed by atoms with Gasteiger partial charge in [-0.15, -0.1) is 0 Å². The Morgan fingerprint density at radius 3 is 2.58 bits per heavy atom. The number of hydrogen-bond donors (Lipinski definition) is 1. The molecule has 2 atom stereocenters. The summed E-state index contributed by atoms with van der Waals surface area (Å²) in [5, 5.41) is 10.4. The molecule has 0 bridgehead atoms. The average molecular weight is 225 g/mol. The molecule has 1 N–H and O–H groups in total. The Hall–Kier alpha value is 0.160. The Balaban J connectivity index is 2.58. The first-order chi connectivity index (χ1) is 5.61. The predicted octanol–water partition coefficient (Wildman–Crippen LogP) is 2.05. The van der Waals surface area contributed by atoms with E-state index in [2.05, 4.69) is 8.75 Å². The highest BCUT2D eigenvalue weighted by atomic mass is 35.5. The monoisotopic (exact) mass is 224 g/mol. The van der Waals surface area contributed by atoms with E-state index in [1.54, 1.807) is 6.92 Å². The van der Waals surface area contributed by atoms with Crippen LogP contribution in [0.3, 0.4) is 0 Å². The van der Waals surface area contributed by atoms with E-state index in [0.717, 1.165) is 11.7 Å². The minimum atomic E-state index is -0.368. The summed E-state index contributed by atoms with van der Waals surface area (Å²) in [7, 11) is 0. The van der Waals surface area contributed by atoms with Crippen LogP contribution in [0, 0.1) is 0 Å². The standard InChI is InChI=1S/C6H9ClN2OS2/c1-3(10)4(2)11-6-5(7)8-12-9-6/h3-4,10H,1-2H3. The number of thioether (sulfide) groups is 1. The Bertz CT molecular complexity index is 253. The van der Waals surface area contributed by atoms with E-state index in [4.69, 9.17) is 11.6 Å². The van der Waals surface area contributed by atoms with Gasteiger partial charge in [0.05, 0.1) is 17.8 Å². The fourth-order valence-electron chi connectivity index (χ4n) is 0.515. The number of rotatable bonds is 3. The number of aliphatic hydroxyl groups excluding tert-OH is 1. The van der Waals surface area contributed by atoms with Crippen LogP contribution in [0.5, 0.6) is 0 Å². The maximum absolute atomic E-state index is 9.20. The third kappa shape index (κ3) is 2.58. The number of aliphatic hydroxyl groups is 1. The van der Waals surface area contributed by atoms with E-state index >= 15 is 0 Å². The van der Waals surface area contributed by atoms with Gasteiger partial charge in [-0.05, 0) is 6.92 Å². The van der Waals surface area contributed by atoms with E-state index in [9.17, 15) is 5.11 Å². The SMILES string of the molecule is CC(O)C(C)Sc1nsnc1Cl. The molecule has 1 rings (SSSR count). The van der Waals surface area contributed by atoms with Gasteiger partial charge in [-0.3, -0.25) is 0 Å². The van der Waals surface area contributed by atoms with Gasteiger partial charge in [0.1, 0.15) is 5.03 Å². The summed E-state index contributed by atoms with van der Waals surface area (Å²) < 4.78 is 7.81. The molecule has 0 saturated heterocycles. The van der Waals surface area contributed by atoms with Crippen LogP contribution >= 0.6 is 35.1 Å². The van der Waals surface area contributed by atoms with E-state index in [1.807, 2.05) is 6.92 Å². The normalized spacial score (nSPS) is 16.0. The van der Waals surface area contributed by atoms with Crippen LogP contribution in [-0.4, -0.2) is 25.2 Å². The maximum Gasteiger partial charge on any atom is 0.176 e. The topological polar surface area (TPSA) is 46.0 Å². The lowest BCUT2D eigenvalue weighted by atomic mass is 10.3. The minimum absolute atomic E-state index is 0.0893. The molecule has 0 fully saturated rings. The molecule has 1 aromatic rings. The summed E-state index contributed by atoms with van der Waals surface area (Å²) in [6.07, 6.45) is -0.368. The van der Waals surface area contributed by atoms with Gasteiger partial charge < -0.3 is 5.11 Å². The summed E-state index contributed by atoms with van der Waals surface area (Å²) in [5.74, 6) is 0. The molecule has 3 nitrogen and oxygen atoms in total. The quantitative estimate of drug-likeness (QED) is 0.799. The number of nitrogens with zero attached hydrogens (tertiary/aromatic N) is 2. The van der Waals surface area contributed by atoms with Crippen molar-refractivity contribution < 1.29 is 5.11 Å². The molecule has 0 saturated carbocycles. The van der Waals surface area contributed by atoms with Crippen molar-refractivity contribution >= 4 is 35.1 Å². The zero-order valence-corrected chi connectivity index (χ0v) is 9.08. The van der Waals surface area contributed by atoms with Gasteiger partial charge >= 0.3 is 0 Å².